The van der Waals surface area contributed by atoms with E-state index >= 15 is 0 Å². The molecule has 0 amide bonds. The van der Waals surface area contributed by atoms with Gasteiger partial charge in [-0.15, -0.1) is 0 Å². The van der Waals surface area contributed by atoms with E-state index in [-0.39, 0.29) is 5.75 Å². The van der Waals surface area contributed by atoms with Crippen LogP contribution in [0.1, 0.15) is 18.1 Å². The molecule has 0 unspecified atom stereocenters. The predicted octanol–water partition coefficient (Wildman–Crippen LogP) is 3.34. The van der Waals surface area contributed by atoms with Crippen LogP contribution >= 0.6 is 15.9 Å². The van der Waals surface area contributed by atoms with Crippen LogP contribution in [0, 0.1) is 0 Å². The fourth-order valence-electron chi connectivity index (χ4n) is 2.33. The molecule has 1 atom stereocenters. The van der Waals surface area contributed by atoms with Crippen molar-refractivity contribution < 1.29 is 19.7 Å². The summed E-state index contributed by atoms with van der Waals surface area (Å²) in [6.45, 7) is 2.62. The number of phenolic OH excluding ortho intramolecular Hbond substituents is 1. The van der Waals surface area contributed by atoms with Gasteiger partial charge in [0.1, 0.15) is 6.04 Å². The molecule has 0 spiro atoms. The number of phenols is 1. The second kappa shape index (κ2) is 8.70. The van der Waals surface area contributed by atoms with Crippen LogP contribution in [0.2, 0.25) is 0 Å². The van der Waals surface area contributed by atoms with Crippen LogP contribution in [-0.4, -0.2) is 28.8 Å². The first-order valence-electron chi connectivity index (χ1n) is 7.65. The lowest BCUT2D eigenvalue weighted by molar-refractivity contribution is -0.139. The highest BCUT2D eigenvalue weighted by atomic mass is 79.9. The number of halogens is 1. The zero-order chi connectivity index (χ0) is 17.5. The van der Waals surface area contributed by atoms with E-state index in [4.69, 9.17) is 4.74 Å². The fourth-order valence-corrected chi connectivity index (χ4v) is 2.82. The van der Waals surface area contributed by atoms with Gasteiger partial charge in [-0.1, -0.05) is 30.3 Å². The third-order valence-corrected chi connectivity index (χ3v) is 4.13. The molecule has 0 aromatic heterocycles. The molecular weight excluding hydrogens is 374 g/mol. The van der Waals surface area contributed by atoms with E-state index in [9.17, 15) is 15.0 Å². The lowest BCUT2D eigenvalue weighted by Crippen LogP contribution is -2.38. The minimum absolute atomic E-state index is 0.0414. The lowest BCUT2D eigenvalue weighted by Gasteiger charge is -2.16. The Morgan fingerprint density at radius 1 is 1.25 bits per heavy atom. The molecule has 2 aromatic carbocycles. The molecule has 128 valence electrons. The molecule has 0 aliphatic rings. The molecule has 0 aliphatic heterocycles. The van der Waals surface area contributed by atoms with Crippen molar-refractivity contribution in [3.63, 3.8) is 0 Å². The van der Waals surface area contributed by atoms with Crippen LogP contribution in [0.3, 0.4) is 0 Å². The van der Waals surface area contributed by atoms with Crippen molar-refractivity contribution in [3.05, 3.63) is 58.1 Å². The van der Waals surface area contributed by atoms with Crippen molar-refractivity contribution in [3.8, 4) is 11.5 Å². The first-order valence-corrected chi connectivity index (χ1v) is 8.44. The number of carboxylic acid groups (broad SMARTS) is 1. The van der Waals surface area contributed by atoms with E-state index in [1.807, 2.05) is 37.3 Å². The second-order valence-electron chi connectivity index (χ2n) is 5.32. The zero-order valence-corrected chi connectivity index (χ0v) is 14.9. The van der Waals surface area contributed by atoms with Gasteiger partial charge >= 0.3 is 5.97 Å². The highest BCUT2D eigenvalue weighted by Gasteiger charge is 2.18. The summed E-state index contributed by atoms with van der Waals surface area (Å²) >= 11 is 3.28. The van der Waals surface area contributed by atoms with Gasteiger partial charge in [0, 0.05) is 6.54 Å². The van der Waals surface area contributed by atoms with E-state index in [0.717, 1.165) is 11.1 Å². The number of rotatable bonds is 8. The van der Waals surface area contributed by atoms with Gasteiger partial charge < -0.3 is 20.3 Å². The summed E-state index contributed by atoms with van der Waals surface area (Å²) in [6.07, 6.45) is 0.397. The van der Waals surface area contributed by atoms with Crippen LogP contribution in [-0.2, 0) is 17.8 Å². The highest BCUT2D eigenvalue weighted by Crippen LogP contribution is 2.35. The van der Waals surface area contributed by atoms with Crippen LogP contribution in [0.4, 0.5) is 0 Å². The topological polar surface area (TPSA) is 78.8 Å². The number of aliphatic carboxylic acids is 1. The van der Waals surface area contributed by atoms with Crippen molar-refractivity contribution in [2.45, 2.75) is 25.9 Å². The smallest absolute Gasteiger partial charge is 0.321 e. The first kappa shape index (κ1) is 18.3. The SMILES string of the molecule is CCOc1cc(CN[C@@H](Cc2ccccc2)C(=O)O)cc(Br)c1O. The number of ether oxygens (including phenoxy) is 1. The molecule has 24 heavy (non-hydrogen) atoms. The number of hydrogen-bond donors (Lipinski definition) is 3. The van der Waals surface area contributed by atoms with Crippen molar-refractivity contribution in [2.75, 3.05) is 6.61 Å². The van der Waals surface area contributed by atoms with Gasteiger partial charge in [-0.3, -0.25) is 4.79 Å². The maximum atomic E-state index is 11.5. The molecule has 0 radical (unpaired) electrons. The number of carboxylic acids is 1. The maximum absolute atomic E-state index is 11.5. The standard InChI is InChI=1S/C18H20BrNO4/c1-2-24-16-10-13(8-14(19)17(16)21)11-20-15(18(22)23)9-12-6-4-3-5-7-12/h3-8,10,15,20-21H,2,9,11H2,1H3,(H,22,23)/t15-/m0/s1. The Hall–Kier alpha value is -2.05. The van der Waals surface area contributed by atoms with Crippen LogP contribution in [0.25, 0.3) is 0 Å². The van der Waals surface area contributed by atoms with Gasteiger partial charge in [0.05, 0.1) is 11.1 Å². The first-order chi connectivity index (χ1) is 11.5. The van der Waals surface area contributed by atoms with Crippen molar-refractivity contribution in [2.24, 2.45) is 0 Å². The average molecular weight is 394 g/mol. The number of nitrogens with one attached hydrogen (secondary N) is 1. The molecule has 0 fully saturated rings. The summed E-state index contributed by atoms with van der Waals surface area (Å²) in [4.78, 5) is 11.5. The molecule has 6 heteroatoms. The number of benzene rings is 2. The molecule has 0 aliphatic carbocycles. The Balaban J connectivity index is 2.08. The maximum Gasteiger partial charge on any atom is 0.321 e. The van der Waals surface area contributed by atoms with Gasteiger partial charge in [-0.05, 0) is 52.5 Å². The lowest BCUT2D eigenvalue weighted by atomic mass is 10.1. The quantitative estimate of drug-likeness (QED) is 0.640. The van der Waals surface area contributed by atoms with Crippen molar-refractivity contribution in [1.29, 1.82) is 0 Å². The summed E-state index contributed by atoms with van der Waals surface area (Å²) < 4.78 is 5.90. The Kier molecular flexibility index (Phi) is 6.63. The largest absolute Gasteiger partial charge is 0.503 e. The summed E-state index contributed by atoms with van der Waals surface area (Å²) in [5.41, 5.74) is 1.78. The normalized spacial score (nSPS) is 11.9. The molecule has 3 N–H and O–H groups in total. The Morgan fingerprint density at radius 3 is 2.58 bits per heavy atom. The van der Waals surface area contributed by atoms with Gasteiger partial charge in [0.2, 0.25) is 0 Å². The van der Waals surface area contributed by atoms with Crippen molar-refractivity contribution >= 4 is 21.9 Å². The van der Waals surface area contributed by atoms with E-state index in [0.29, 0.717) is 29.8 Å². The van der Waals surface area contributed by atoms with Gasteiger partial charge in [-0.25, -0.2) is 0 Å². The molecule has 5 nitrogen and oxygen atoms in total. The number of hydrogen-bond acceptors (Lipinski definition) is 4. The third kappa shape index (κ3) is 4.97. The van der Waals surface area contributed by atoms with E-state index in [1.165, 1.54) is 0 Å². The van der Waals surface area contributed by atoms with E-state index < -0.39 is 12.0 Å². The fraction of sp³-hybridized carbons (Fsp3) is 0.278. The molecule has 0 saturated carbocycles. The van der Waals surface area contributed by atoms with Crippen LogP contribution in [0.5, 0.6) is 11.5 Å². The van der Waals surface area contributed by atoms with E-state index in [2.05, 4.69) is 21.2 Å². The molecule has 0 heterocycles. The monoisotopic (exact) mass is 393 g/mol. The van der Waals surface area contributed by atoms with Crippen LogP contribution in [0.15, 0.2) is 46.9 Å². The molecule has 0 saturated heterocycles. The summed E-state index contributed by atoms with van der Waals surface area (Å²) in [7, 11) is 0. The number of carbonyl (C=O) groups is 1. The third-order valence-electron chi connectivity index (χ3n) is 3.52. The van der Waals surface area contributed by atoms with Gasteiger partial charge in [-0.2, -0.15) is 0 Å². The predicted molar refractivity (Wildman–Crippen MR) is 95.4 cm³/mol. The van der Waals surface area contributed by atoms with Crippen LogP contribution < -0.4 is 10.1 Å². The Bertz CT molecular complexity index is 691. The van der Waals surface area contributed by atoms with E-state index in [1.54, 1.807) is 12.1 Å². The Labute approximate surface area is 149 Å². The summed E-state index contributed by atoms with van der Waals surface area (Å²) in [5.74, 6) is -0.486. The Morgan fingerprint density at radius 2 is 1.96 bits per heavy atom. The zero-order valence-electron chi connectivity index (χ0n) is 13.3. The minimum atomic E-state index is -0.901. The summed E-state index contributed by atoms with van der Waals surface area (Å²) in [5, 5.41) is 22.4. The number of aromatic hydroxyl groups is 1. The molecule has 2 aromatic rings. The molecule has 0 bridgehead atoms. The second-order valence-corrected chi connectivity index (χ2v) is 6.17. The highest BCUT2D eigenvalue weighted by molar-refractivity contribution is 9.10. The summed E-state index contributed by atoms with van der Waals surface area (Å²) in [6, 6.07) is 12.2. The van der Waals surface area contributed by atoms with Crippen molar-refractivity contribution in [1.82, 2.24) is 5.32 Å². The van der Waals surface area contributed by atoms with Gasteiger partial charge in [0.15, 0.2) is 11.5 Å². The average Bonchev–Trinajstić information content (AvgIpc) is 2.56. The molecule has 2 rings (SSSR count). The molecular formula is C18H20BrNO4. The minimum Gasteiger partial charge on any atom is -0.503 e. The van der Waals surface area contributed by atoms with Gasteiger partial charge in [0.25, 0.3) is 0 Å².